The predicted molar refractivity (Wildman–Crippen MR) is 82.3 cm³/mol. The van der Waals surface area contributed by atoms with E-state index in [0.717, 1.165) is 18.7 Å². The van der Waals surface area contributed by atoms with Gasteiger partial charge in [-0.15, -0.1) is 0 Å². The Hall–Kier alpha value is -1.55. The summed E-state index contributed by atoms with van der Waals surface area (Å²) < 4.78 is 0. The number of likely N-dealkylation sites (tertiary alicyclic amines) is 1. The molecule has 20 heavy (non-hydrogen) atoms. The molecule has 0 aromatic heterocycles. The number of amides is 1. The number of anilines is 1. The largest absolute Gasteiger partial charge is 0.398 e. The van der Waals surface area contributed by atoms with Gasteiger partial charge in [0.05, 0.1) is 0 Å². The molecule has 4 N–H and O–H groups in total. The third-order valence-corrected chi connectivity index (χ3v) is 4.27. The second-order valence-corrected chi connectivity index (χ2v) is 5.66. The highest BCUT2D eigenvalue weighted by molar-refractivity contribution is 5.93. The molecule has 2 rings (SSSR count). The highest BCUT2D eigenvalue weighted by atomic mass is 16.1. The Kier molecular flexibility index (Phi) is 5.01. The van der Waals surface area contributed by atoms with Crippen molar-refractivity contribution in [2.45, 2.75) is 51.6 Å². The van der Waals surface area contributed by atoms with Crippen molar-refractivity contribution in [3.8, 4) is 0 Å². The van der Waals surface area contributed by atoms with E-state index in [-0.39, 0.29) is 0 Å². The molecule has 4 heteroatoms. The fourth-order valence-corrected chi connectivity index (χ4v) is 3.02. The van der Waals surface area contributed by atoms with Crippen LogP contribution in [0.3, 0.4) is 0 Å². The SMILES string of the molecule is CCC1CCCCCN1Cc1ccc(C(N)=O)cc1N. The maximum absolute atomic E-state index is 11.2. The third kappa shape index (κ3) is 3.51. The van der Waals surface area contributed by atoms with E-state index < -0.39 is 5.91 Å². The molecule has 1 aliphatic heterocycles. The Balaban J connectivity index is 2.13. The Morgan fingerprint density at radius 2 is 2.15 bits per heavy atom. The van der Waals surface area contributed by atoms with Crippen molar-refractivity contribution in [3.63, 3.8) is 0 Å². The molecule has 1 aromatic rings. The average molecular weight is 275 g/mol. The first-order valence-electron chi connectivity index (χ1n) is 7.54. The lowest BCUT2D eigenvalue weighted by molar-refractivity contribution is 0.100. The molecule has 110 valence electrons. The molecule has 1 heterocycles. The normalized spacial score (nSPS) is 20.6. The van der Waals surface area contributed by atoms with Crippen LogP contribution in [0.25, 0.3) is 0 Å². The van der Waals surface area contributed by atoms with Crippen LogP contribution in [0.1, 0.15) is 54.9 Å². The van der Waals surface area contributed by atoms with Gasteiger partial charge in [-0.1, -0.05) is 25.8 Å². The van der Waals surface area contributed by atoms with Gasteiger partial charge in [0.25, 0.3) is 0 Å². The van der Waals surface area contributed by atoms with E-state index in [2.05, 4.69) is 11.8 Å². The summed E-state index contributed by atoms with van der Waals surface area (Å²) in [5.74, 6) is -0.426. The highest BCUT2D eigenvalue weighted by Gasteiger charge is 2.20. The summed E-state index contributed by atoms with van der Waals surface area (Å²) in [4.78, 5) is 13.7. The molecular weight excluding hydrogens is 250 g/mol. The van der Waals surface area contributed by atoms with Crippen LogP contribution in [0.2, 0.25) is 0 Å². The zero-order valence-corrected chi connectivity index (χ0v) is 12.3. The van der Waals surface area contributed by atoms with Crippen molar-refractivity contribution < 1.29 is 4.79 Å². The molecular formula is C16H25N3O. The van der Waals surface area contributed by atoms with Gasteiger partial charge in [0.2, 0.25) is 5.91 Å². The molecule has 1 fully saturated rings. The maximum atomic E-state index is 11.2. The number of carbonyl (C=O) groups excluding carboxylic acids is 1. The smallest absolute Gasteiger partial charge is 0.248 e. The van der Waals surface area contributed by atoms with Crippen LogP contribution in [-0.4, -0.2) is 23.4 Å². The van der Waals surface area contributed by atoms with Crippen LogP contribution >= 0.6 is 0 Å². The van der Waals surface area contributed by atoms with Crippen molar-refractivity contribution in [2.24, 2.45) is 5.73 Å². The predicted octanol–water partition coefficient (Wildman–Crippen LogP) is 2.52. The number of hydrogen-bond donors (Lipinski definition) is 2. The molecule has 0 saturated carbocycles. The quantitative estimate of drug-likeness (QED) is 0.829. The van der Waals surface area contributed by atoms with E-state index >= 15 is 0 Å². The van der Waals surface area contributed by atoms with Crippen LogP contribution in [0.5, 0.6) is 0 Å². The monoisotopic (exact) mass is 275 g/mol. The Bertz CT molecular complexity index is 473. The van der Waals surface area contributed by atoms with E-state index in [4.69, 9.17) is 11.5 Å². The van der Waals surface area contributed by atoms with E-state index in [9.17, 15) is 4.79 Å². The van der Waals surface area contributed by atoms with E-state index in [1.807, 2.05) is 6.07 Å². The molecule has 1 saturated heterocycles. The Labute approximate surface area is 121 Å². The number of nitrogens with zero attached hydrogens (tertiary/aromatic N) is 1. The van der Waals surface area contributed by atoms with Crippen LogP contribution < -0.4 is 11.5 Å². The fraction of sp³-hybridized carbons (Fsp3) is 0.562. The van der Waals surface area contributed by atoms with Gasteiger partial charge in [-0.05, 0) is 43.5 Å². The number of benzene rings is 1. The van der Waals surface area contributed by atoms with Crippen molar-refractivity contribution in [3.05, 3.63) is 29.3 Å². The Morgan fingerprint density at radius 3 is 2.80 bits per heavy atom. The summed E-state index contributed by atoms with van der Waals surface area (Å²) >= 11 is 0. The topological polar surface area (TPSA) is 72.3 Å². The van der Waals surface area contributed by atoms with Gasteiger partial charge >= 0.3 is 0 Å². The molecule has 1 aromatic carbocycles. The first-order chi connectivity index (χ1) is 9.61. The minimum Gasteiger partial charge on any atom is -0.398 e. The zero-order chi connectivity index (χ0) is 14.5. The van der Waals surface area contributed by atoms with Crippen molar-refractivity contribution >= 4 is 11.6 Å². The lowest BCUT2D eigenvalue weighted by Gasteiger charge is -2.29. The van der Waals surface area contributed by atoms with Crippen molar-refractivity contribution in [1.29, 1.82) is 0 Å². The number of nitrogen functional groups attached to an aromatic ring is 1. The minimum absolute atomic E-state index is 0.426. The van der Waals surface area contributed by atoms with Gasteiger partial charge in [0.15, 0.2) is 0 Å². The van der Waals surface area contributed by atoms with Crippen LogP contribution in [0, 0.1) is 0 Å². The molecule has 4 nitrogen and oxygen atoms in total. The molecule has 1 aliphatic rings. The van der Waals surface area contributed by atoms with Gasteiger partial charge < -0.3 is 11.5 Å². The van der Waals surface area contributed by atoms with Gasteiger partial charge in [-0.3, -0.25) is 9.69 Å². The van der Waals surface area contributed by atoms with E-state index in [1.54, 1.807) is 12.1 Å². The molecule has 0 radical (unpaired) electrons. The highest BCUT2D eigenvalue weighted by Crippen LogP contribution is 2.23. The standard InChI is InChI=1S/C16H25N3O/c1-2-14-6-4-3-5-9-19(14)11-13-8-7-12(16(18)20)10-15(13)17/h7-8,10,14H,2-6,9,11,17H2,1H3,(H2,18,20). The molecule has 1 amide bonds. The lowest BCUT2D eigenvalue weighted by atomic mass is 10.0. The van der Waals surface area contributed by atoms with Gasteiger partial charge in [-0.2, -0.15) is 0 Å². The number of nitrogens with two attached hydrogens (primary N) is 2. The third-order valence-electron chi connectivity index (χ3n) is 4.27. The first kappa shape index (κ1) is 14.9. The number of hydrogen-bond acceptors (Lipinski definition) is 3. The fourth-order valence-electron chi connectivity index (χ4n) is 3.02. The molecule has 0 aliphatic carbocycles. The van der Waals surface area contributed by atoms with Gasteiger partial charge in [-0.25, -0.2) is 0 Å². The number of primary amides is 1. The summed E-state index contributed by atoms with van der Waals surface area (Å²) in [5, 5.41) is 0. The second-order valence-electron chi connectivity index (χ2n) is 5.66. The zero-order valence-electron chi connectivity index (χ0n) is 12.3. The summed E-state index contributed by atoms with van der Waals surface area (Å²) in [5.41, 5.74) is 13.6. The van der Waals surface area contributed by atoms with Gasteiger partial charge in [0, 0.05) is 23.8 Å². The minimum atomic E-state index is -0.426. The van der Waals surface area contributed by atoms with Crippen molar-refractivity contribution in [2.75, 3.05) is 12.3 Å². The molecule has 1 atom stereocenters. The van der Waals surface area contributed by atoms with Crippen molar-refractivity contribution in [1.82, 2.24) is 4.90 Å². The summed E-state index contributed by atoms with van der Waals surface area (Å²) in [6.07, 6.45) is 6.36. The summed E-state index contributed by atoms with van der Waals surface area (Å²) in [6, 6.07) is 6.05. The van der Waals surface area contributed by atoms with Crippen LogP contribution in [-0.2, 0) is 6.54 Å². The second kappa shape index (κ2) is 6.75. The molecule has 0 spiro atoms. The van der Waals surface area contributed by atoms with Crippen LogP contribution in [0.15, 0.2) is 18.2 Å². The number of rotatable bonds is 4. The van der Waals surface area contributed by atoms with Gasteiger partial charge in [0.1, 0.15) is 0 Å². The van der Waals surface area contributed by atoms with E-state index in [0.29, 0.717) is 17.3 Å². The molecule has 1 unspecified atom stereocenters. The van der Waals surface area contributed by atoms with E-state index in [1.165, 1.54) is 32.1 Å². The molecule has 0 bridgehead atoms. The maximum Gasteiger partial charge on any atom is 0.248 e. The lowest BCUT2D eigenvalue weighted by Crippen LogP contribution is -2.34. The summed E-state index contributed by atoms with van der Waals surface area (Å²) in [7, 11) is 0. The Morgan fingerprint density at radius 1 is 1.35 bits per heavy atom. The van der Waals surface area contributed by atoms with Crippen LogP contribution in [0.4, 0.5) is 5.69 Å². The first-order valence-corrected chi connectivity index (χ1v) is 7.54. The average Bonchev–Trinajstić information content (AvgIpc) is 2.65. The summed E-state index contributed by atoms with van der Waals surface area (Å²) in [6.45, 7) is 4.25. The number of carbonyl (C=O) groups is 1.